The number of nitrogens with zero attached hydrogens (tertiary/aromatic N) is 1. The summed E-state index contributed by atoms with van der Waals surface area (Å²) in [4.78, 5) is 12.7. The lowest BCUT2D eigenvalue weighted by Crippen LogP contribution is -2.44. The number of hydrogen-bond acceptors (Lipinski definition) is 3. The van der Waals surface area contributed by atoms with Gasteiger partial charge in [-0.1, -0.05) is 0 Å². The molecule has 96 valence electrons. The minimum atomic E-state index is -4.65. The predicted molar refractivity (Wildman–Crippen MR) is 52.8 cm³/mol. The molecule has 0 aliphatic heterocycles. The van der Waals surface area contributed by atoms with Crippen molar-refractivity contribution in [2.45, 2.75) is 32.2 Å². The van der Waals surface area contributed by atoms with Gasteiger partial charge >= 0.3 is 6.18 Å². The van der Waals surface area contributed by atoms with E-state index in [1.54, 1.807) is 20.9 Å². The minimum Gasteiger partial charge on any atom is -0.382 e. The second-order valence-electron chi connectivity index (χ2n) is 3.79. The lowest BCUT2D eigenvalue weighted by Gasteiger charge is -2.22. The van der Waals surface area contributed by atoms with Crippen LogP contribution in [0.3, 0.4) is 0 Å². The maximum absolute atomic E-state index is 11.9. The number of amides is 1. The van der Waals surface area contributed by atoms with Gasteiger partial charge in [-0.2, -0.15) is 13.2 Å². The van der Waals surface area contributed by atoms with Crippen LogP contribution in [0, 0.1) is 0 Å². The van der Waals surface area contributed by atoms with Crippen molar-refractivity contribution in [1.29, 1.82) is 0 Å². The first-order chi connectivity index (χ1) is 7.16. The van der Waals surface area contributed by atoms with Crippen molar-refractivity contribution in [2.24, 2.45) is 0 Å². The number of nitrogens with one attached hydrogen (secondary N) is 1. The zero-order chi connectivity index (χ0) is 12.9. The van der Waals surface area contributed by atoms with Gasteiger partial charge in [0.2, 0.25) is 5.91 Å². The summed E-state index contributed by atoms with van der Waals surface area (Å²) in [5, 5.41) is 10.9. The molecule has 0 aromatic heterocycles. The SMILES string of the molecule is CC(C)N(C)C(=O)CNCC(O)C(F)(F)F. The Balaban J connectivity index is 3.87. The van der Waals surface area contributed by atoms with E-state index in [4.69, 9.17) is 5.11 Å². The third kappa shape index (κ3) is 5.32. The van der Waals surface area contributed by atoms with Crippen LogP contribution in [-0.2, 0) is 4.79 Å². The fourth-order valence-electron chi connectivity index (χ4n) is 0.844. The van der Waals surface area contributed by atoms with E-state index in [9.17, 15) is 18.0 Å². The number of hydrogen-bond donors (Lipinski definition) is 2. The van der Waals surface area contributed by atoms with Crippen molar-refractivity contribution in [1.82, 2.24) is 10.2 Å². The molecule has 0 fully saturated rings. The molecular formula is C9H17F3N2O2. The van der Waals surface area contributed by atoms with Crippen LogP contribution in [0.5, 0.6) is 0 Å². The zero-order valence-corrected chi connectivity index (χ0v) is 9.51. The summed E-state index contributed by atoms with van der Waals surface area (Å²) in [6.45, 7) is 2.69. The Hall–Kier alpha value is -0.820. The Bertz CT molecular complexity index is 231. The van der Waals surface area contributed by atoms with Gasteiger partial charge in [0.25, 0.3) is 0 Å². The molecule has 0 rings (SSSR count). The number of rotatable bonds is 5. The second-order valence-corrected chi connectivity index (χ2v) is 3.79. The van der Waals surface area contributed by atoms with E-state index in [0.717, 1.165) is 0 Å². The first-order valence-corrected chi connectivity index (χ1v) is 4.87. The summed E-state index contributed by atoms with van der Waals surface area (Å²) in [6.07, 6.45) is -7.09. The largest absolute Gasteiger partial charge is 0.415 e. The fraction of sp³-hybridized carbons (Fsp3) is 0.889. The average molecular weight is 242 g/mol. The maximum atomic E-state index is 11.9. The topological polar surface area (TPSA) is 52.6 Å². The van der Waals surface area contributed by atoms with Gasteiger partial charge in [-0.25, -0.2) is 0 Å². The Morgan fingerprint density at radius 1 is 1.44 bits per heavy atom. The van der Waals surface area contributed by atoms with E-state index in [2.05, 4.69) is 5.32 Å². The third-order valence-electron chi connectivity index (χ3n) is 2.16. The van der Waals surface area contributed by atoms with Crippen LogP contribution in [0.2, 0.25) is 0 Å². The number of aliphatic hydroxyl groups is 1. The van der Waals surface area contributed by atoms with Crippen molar-refractivity contribution < 1.29 is 23.1 Å². The summed E-state index contributed by atoms with van der Waals surface area (Å²) < 4.78 is 35.6. The lowest BCUT2D eigenvalue weighted by atomic mass is 10.3. The fourth-order valence-corrected chi connectivity index (χ4v) is 0.844. The van der Waals surface area contributed by atoms with Crippen molar-refractivity contribution in [3.63, 3.8) is 0 Å². The summed E-state index contributed by atoms with van der Waals surface area (Å²) >= 11 is 0. The molecule has 4 nitrogen and oxygen atoms in total. The Kier molecular flexibility index (Phi) is 5.74. The van der Waals surface area contributed by atoms with Crippen LogP contribution in [0.4, 0.5) is 13.2 Å². The first-order valence-electron chi connectivity index (χ1n) is 4.87. The van der Waals surface area contributed by atoms with Gasteiger partial charge in [0.1, 0.15) is 0 Å². The Morgan fingerprint density at radius 3 is 2.31 bits per heavy atom. The quantitative estimate of drug-likeness (QED) is 0.732. The van der Waals surface area contributed by atoms with E-state index in [1.165, 1.54) is 4.90 Å². The monoisotopic (exact) mass is 242 g/mol. The van der Waals surface area contributed by atoms with E-state index in [0.29, 0.717) is 0 Å². The van der Waals surface area contributed by atoms with Crippen molar-refractivity contribution in [3.8, 4) is 0 Å². The van der Waals surface area contributed by atoms with Crippen LogP contribution in [0.1, 0.15) is 13.8 Å². The van der Waals surface area contributed by atoms with Crippen LogP contribution in [0.25, 0.3) is 0 Å². The molecule has 1 amide bonds. The van der Waals surface area contributed by atoms with Crippen LogP contribution >= 0.6 is 0 Å². The molecule has 0 saturated carbocycles. The molecular weight excluding hydrogens is 225 g/mol. The lowest BCUT2D eigenvalue weighted by molar-refractivity contribution is -0.201. The van der Waals surface area contributed by atoms with E-state index < -0.39 is 18.8 Å². The highest BCUT2D eigenvalue weighted by Crippen LogP contribution is 2.18. The minimum absolute atomic E-state index is 0.0122. The number of aliphatic hydroxyl groups excluding tert-OH is 1. The Labute approximate surface area is 92.4 Å². The second kappa shape index (κ2) is 6.05. The average Bonchev–Trinajstić information content (AvgIpc) is 2.14. The molecule has 0 aliphatic carbocycles. The molecule has 1 unspecified atom stereocenters. The summed E-state index contributed by atoms with van der Waals surface area (Å²) in [7, 11) is 1.56. The molecule has 1 atom stereocenters. The third-order valence-corrected chi connectivity index (χ3v) is 2.16. The highest BCUT2D eigenvalue weighted by Gasteiger charge is 2.37. The maximum Gasteiger partial charge on any atom is 0.415 e. The zero-order valence-electron chi connectivity index (χ0n) is 9.51. The smallest absolute Gasteiger partial charge is 0.382 e. The number of halogens is 3. The molecule has 7 heteroatoms. The van der Waals surface area contributed by atoms with Crippen LogP contribution in [-0.4, -0.2) is 54.4 Å². The van der Waals surface area contributed by atoms with Crippen LogP contribution < -0.4 is 5.32 Å². The number of carbonyl (C=O) groups excluding carboxylic acids is 1. The number of likely N-dealkylation sites (N-methyl/N-ethyl adjacent to an activating group) is 1. The van der Waals surface area contributed by atoms with Gasteiger partial charge in [0.15, 0.2) is 6.10 Å². The van der Waals surface area contributed by atoms with Crippen molar-refractivity contribution in [3.05, 3.63) is 0 Å². The van der Waals surface area contributed by atoms with Gasteiger partial charge in [0, 0.05) is 19.6 Å². The van der Waals surface area contributed by atoms with Crippen molar-refractivity contribution >= 4 is 5.91 Å². The van der Waals surface area contributed by atoms with Gasteiger partial charge in [-0.05, 0) is 13.8 Å². The first kappa shape index (κ1) is 15.2. The van der Waals surface area contributed by atoms with Gasteiger partial charge in [0.05, 0.1) is 6.54 Å². The van der Waals surface area contributed by atoms with Gasteiger partial charge < -0.3 is 15.3 Å². The Morgan fingerprint density at radius 2 is 1.94 bits per heavy atom. The summed E-state index contributed by atoms with van der Waals surface area (Å²) in [5.74, 6) is -0.315. The van der Waals surface area contributed by atoms with Crippen molar-refractivity contribution in [2.75, 3.05) is 20.1 Å². The molecule has 0 aromatic rings. The molecule has 0 aromatic carbocycles. The molecule has 0 spiro atoms. The molecule has 2 N–H and O–H groups in total. The number of carbonyl (C=O) groups is 1. The van der Waals surface area contributed by atoms with E-state index in [1.807, 2.05) is 0 Å². The molecule has 0 bridgehead atoms. The molecule has 0 heterocycles. The molecule has 0 radical (unpaired) electrons. The molecule has 0 aliphatic rings. The van der Waals surface area contributed by atoms with Gasteiger partial charge in [-0.3, -0.25) is 4.79 Å². The van der Waals surface area contributed by atoms with Crippen LogP contribution in [0.15, 0.2) is 0 Å². The summed E-state index contributed by atoms with van der Waals surface area (Å²) in [6, 6.07) is -0.0122. The number of alkyl halides is 3. The van der Waals surface area contributed by atoms with Gasteiger partial charge in [-0.15, -0.1) is 0 Å². The highest BCUT2D eigenvalue weighted by atomic mass is 19.4. The van der Waals surface area contributed by atoms with E-state index in [-0.39, 0.29) is 18.5 Å². The van der Waals surface area contributed by atoms with E-state index >= 15 is 0 Å². The molecule has 0 saturated heterocycles. The normalized spacial score (nSPS) is 14.0. The highest BCUT2D eigenvalue weighted by molar-refractivity contribution is 5.78. The summed E-state index contributed by atoms with van der Waals surface area (Å²) in [5.41, 5.74) is 0. The molecule has 16 heavy (non-hydrogen) atoms. The predicted octanol–water partition coefficient (Wildman–Crippen LogP) is 0.366. The standard InChI is InChI=1S/C9H17F3N2O2/c1-6(2)14(3)8(16)5-13-4-7(15)9(10,11)12/h6-7,13,15H,4-5H2,1-3H3.